The molecule has 1 heterocycles. The summed E-state index contributed by atoms with van der Waals surface area (Å²) in [6.07, 6.45) is 4.79. The van der Waals surface area contributed by atoms with Gasteiger partial charge < -0.3 is 15.0 Å². The first-order valence-corrected chi connectivity index (χ1v) is 7.49. The van der Waals surface area contributed by atoms with E-state index in [1.165, 1.54) is 24.9 Å². The van der Waals surface area contributed by atoms with Crippen LogP contribution in [0.3, 0.4) is 0 Å². The minimum atomic E-state index is 0.651. The van der Waals surface area contributed by atoms with Crippen molar-refractivity contribution in [2.24, 2.45) is 0 Å². The van der Waals surface area contributed by atoms with Crippen molar-refractivity contribution in [1.29, 1.82) is 0 Å². The standard InChI is InChI=1S/C16H26N2O/c1-3-14(17-2)8-6-11-18-12-7-13-19-16-10-5-4-9-15(16)18/h4-5,9-10,14,17H,3,6-8,11-13H2,1-2H3. The first-order chi connectivity index (χ1) is 9.35. The molecule has 1 atom stereocenters. The number of benzene rings is 1. The number of ether oxygens (including phenoxy) is 1. The molecule has 19 heavy (non-hydrogen) atoms. The summed E-state index contributed by atoms with van der Waals surface area (Å²) in [5.74, 6) is 1.04. The fourth-order valence-corrected chi connectivity index (χ4v) is 2.71. The normalized spacial score (nSPS) is 16.4. The van der Waals surface area contributed by atoms with Crippen LogP contribution in [0.25, 0.3) is 0 Å². The topological polar surface area (TPSA) is 24.5 Å². The number of hydrogen-bond acceptors (Lipinski definition) is 3. The van der Waals surface area contributed by atoms with Gasteiger partial charge in [-0.1, -0.05) is 19.1 Å². The maximum absolute atomic E-state index is 5.79. The van der Waals surface area contributed by atoms with Crippen LogP contribution in [0.4, 0.5) is 5.69 Å². The summed E-state index contributed by atoms with van der Waals surface area (Å²) in [5.41, 5.74) is 1.26. The predicted molar refractivity (Wildman–Crippen MR) is 81.1 cm³/mol. The Morgan fingerprint density at radius 3 is 3.00 bits per heavy atom. The van der Waals surface area contributed by atoms with Gasteiger partial charge in [-0.05, 0) is 44.9 Å². The number of rotatable bonds is 6. The van der Waals surface area contributed by atoms with Gasteiger partial charge in [-0.2, -0.15) is 0 Å². The molecular weight excluding hydrogens is 236 g/mol. The number of nitrogens with zero attached hydrogens (tertiary/aromatic N) is 1. The predicted octanol–water partition coefficient (Wildman–Crippen LogP) is 3.05. The molecule has 1 aromatic carbocycles. The summed E-state index contributed by atoms with van der Waals surface area (Å²) in [7, 11) is 2.06. The summed E-state index contributed by atoms with van der Waals surface area (Å²) >= 11 is 0. The largest absolute Gasteiger partial charge is 0.491 e. The molecule has 3 nitrogen and oxygen atoms in total. The van der Waals surface area contributed by atoms with E-state index < -0.39 is 0 Å². The molecule has 0 aliphatic carbocycles. The van der Waals surface area contributed by atoms with Crippen molar-refractivity contribution in [2.45, 2.75) is 38.6 Å². The Morgan fingerprint density at radius 2 is 2.21 bits per heavy atom. The Morgan fingerprint density at radius 1 is 1.37 bits per heavy atom. The summed E-state index contributed by atoms with van der Waals surface area (Å²) in [5, 5.41) is 3.38. The SMILES string of the molecule is CCC(CCCN1CCCOc2ccccc21)NC. The lowest BCUT2D eigenvalue weighted by Gasteiger charge is -2.24. The smallest absolute Gasteiger partial charge is 0.142 e. The highest BCUT2D eigenvalue weighted by molar-refractivity contribution is 5.58. The number of fused-ring (bicyclic) bond motifs is 1. The van der Waals surface area contributed by atoms with Crippen LogP contribution in [0.15, 0.2) is 24.3 Å². The molecule has 0 amide bonds. The fraction of sp³-hybridized carbons (Fsp3) is 0.625. The zero-order valence-corrected chi connectivity index (χ0v) is 12.2. The first-order valence-electron chi connectivity index (χ1n) is 7.49. The minimum Gasteiger partial charge on any atom is -0.491 e. The third-order valence-corrected chi connectivity index (χ3v) is 3.92. The molecule has 0 bridgehead atoms. The third-order valence-electron chi connectivity index (χ3n) is 3.92. The van der Waals surface area contributed by atoms with Crippen molar-refractivity contribution >= 4 is 5.69 Å². The number of hydrogen-bond donors (Lipinski definition) is 1. The molecule has 0 saturated heterocycles. The van der Waals surface area contributed by atoms with Crippen molar-refractivity contribution in [3.63, 3.8) is 0 Å². The van der Waals surface area contributed by atoms with E-state index in [9.17, 15) is 0 Å². The molecule has 1 aliphatic heterocycles. The van der Waals surface area contributed by atoms with Gasteiger partial charge in [0.15, 0.2) is 0 Å². The van der Waals surface area contributed by atoms with Crippen LogP contribution in [0.1, 0.15) is 32.6 Å². The van der Waals surface area contributed by atoms with Crippen LogP contribution in [-0.2, 0) is 0 Å². The molecule has 3 heteroatoms. The molecule has 1 aliphatic rings. The van der Waals surface area contributed by atoms with Gasteiger partial charge >= 0.3 is 0 Å². The van der Waals surface area contributed by atoms with Crippen molar-refractivity contribution in [3.05, 3.63) is 24.3 Å². The molecule has 0 fully saturated rings. The average Bonchev–Trinajstić information content (AvgIpc) is 2.66. The average molecular weight is 262 g/mol. The van der Waals surface area contributed by atoms with E-state index in [1.807, 2.05) is 0 Å². The molecule has 0 radical (unpaired) electrons. The van der Waals surface area contributed by atoms with Gasteiger partial charge in [0.2, 0.25) is 0 Å². The van der Waals surface area contributed by atoms with Crippen LogP contribution in [0.5, 0.6) is 5.75 Å². The van der Waals surface area contributed by atoms with E-state index in [1.54, 1.807) is 0 Å². The highest BCUT2D eigenvalue weighted by Gasteiger charge is 2.15. The van der Waals surface area contributed by atoms with Gasteiger partial charge in [-0.15, -0.1) is 0 Å². The van der Waals surface area contributed by atoms with Crippen molar-refractivity contribution in [2.75, 3.05) is 31.6 Å². The maximum Gasteiger partial charge on any atom is 0.142 e. The fourth-order valence-electron chi connectivity index (χ4n) is 2.71. The summed E-state index contributed by atoms with van der Waals surface area (Å²) in [4.78, 5) is 2.48. The van der Waals surface area contributed by atoms with Crippen molar-refractivity contribution in [3.8, 4) is 5.75 Å². The lowest BCUT2D eigenvalue weighted by atomic mass is 10.1. The summed E-state index contributed by atoms with van der Waals surface area (Å²) < 4.78 is 5.79. The number of nitrogens with one attached hydrogen (secondary N) is 1. The van der Waals surface area contributed by atoms with Gasteiger partial charge in [0, 0.05) is 19.1 Å². The van der Waals surface area contributed by atoms with Gasteiger partial charge in [-0.25, -0.2) is 0 Å². The monoisotopic (exact) mass is 262 g/mol. The van der Waals surface area contributed by atoms with E-state index in [0.29, 0.717) is 6.04 Å². The molecule has 1 unspecified atom stereocenters. The molecule has 106 valence electrons. The quantitative estimate of drug-likeness (QED) is 0.853. The van der Waals surface area contributed by atoms with Gasteiger partial charge in [0.1, 0.15) is 5.75 Å². The second-order valence-electron chi connectivity index (χ2n) is 5.19. The van der Waals surface area contributed by atoms with E-state index in [2.05, 4.69) is 48.5 Å². The van der Waals surface area contributed by atoms with Crippen molar-refractivity contribution in [1.82, 2.24) is 5.32 Å². The highest BCUT2D eigenvalue weighted by atomic mass is 16.5. The Labute approximate surface area is 116 Å². The van der Waals surface area contributed by atoms with Crippen LogP contribution in [-0.4, -0.2) is 32.8 Å². The molecule has 0 saturated carbocycles. The Kier molecular flexibility index (Phi) is 5.52. The number of para-hydroxylation sites is 2. The number of anilines is 1. The summed E-state index contributed by atoms with van der Waals surface area (Å²) in [6.45, 7) is 5.31. The third kappa shape index (κ3) is 3.87. The molecule has 1 aromatic rings. The van der Waals surface area contributed by atoms with Crippen LogP contribution >= 0.6 is 0 Å². The Hall–Kier alpha value is -1.22. The molecular formula is C16H26N2O. The molecule has 2 rings (SSSR count). The van der Waals surface area contributed by atoms with Crippen LogP contribution in [0.2, 0.25) is 0 Å². The molecule has 0 aromatic heterocycles. The van der Waals surface area contributed by atoms with Gasteiger partial charge in [-0.3, -0.25) is 0 Å². The lowest BCUT2D eigenvalue weighted by Crippen LogP contribution is -2.28. The molecule has 0 spiro atoms. The lowest BCUT2D eigenvalue weighted by molar-refractivity contribution is 0.322. The van der Waals surface area contributed by atoms with Crippen LogP contribution < -0.4 is 15.0 Å². The van der Waals surface area contributed by atoms with E-state index in [0.717, 1.165) is 31.9 Å². The van der Waals surface area contributed by atoms with Crippen LogP contribution in [0, 0.1) is 0 Å². The highest BCUT2D eigenvalue weighted by Crippen LogP contribution is 2.30. The first kappa shape index (κ1) is 14.2. The second-order valence-corrected chi connectivity index (χ2v) is 5.19. The van der Waals surface area contributed by atoms with E-state index in [4.69, 9.17) is 4.74 Å². The van der Waals surface area contributed by atoms with E-state index in [-0.39, 0.29) is 0 Å². The zero-order chi connectivity index (χ0) is 13.5. The molecule has 1 N–H and O–H groups in total. The van der Waals surface area contributed by atoms with E-state index >= 15 is 0 Å². The van der Waals surface area contributed by atoms with Gasteiger partial charge in [0.25, 0.3) is 0 Å². The Bertz CT molecular complexity index is 377. The minimum absolute atomic E-state index is 0.651. The van der Waals surface area contributed by atoms with Gasteiger partial charge in [0.05, 0.1) is 12.3 Å². The maximum atomic E-state index is 5.79. The zero-order valence-electron chi connectivity index (χ0n) is 12.2. The Balaban J connectivity index is 1.93. The summed E-state index contributed by atoms with van der Waals surface area (Å²) in [6, 6.07) is 9.06. The van der Waals surface area contributed by atoms with Crippen molar-refractivity contribution < 1.29 is 4.74 Å². The second kappa shape index (κ2) is 7.39.